The van der Waals surface area contributed by atoms with Crippen molar-refractivity contribution in [3.8, 4) is 28.3 Å². The van der Waals surface area contributed by atoms with Gasteiger partial charge in [0.2, 0.25) is 0 Å². The number of nitrogens with zero attached hydrogens (tertiary/aromatic N) is 5. The Labute approximate surface area is 196 Å². The second kappa shape index (κ2) is 8.16. The fourth-order valence-electron chi connectivity index (χ4n) is 5.40. The SMILES string of the molecule is Cn1ccc(-c2ccc(-c3ncc(N(C4CC4)[C@H]4C[C@H]5C[C@H](F)[C@@H](C4)N5)nn3)c(O)c2)cc1=O. The van der Waals surface area contributed by atoms with Crippen molar-refractivity contribution in [1.29, 1.82) is 0 Å². The highest BCUT2D eigenvalue weighted by Gasteiger charge is 2.45. The quantitative estimate of drug-likeness (QED) is 0.602. The van der Waals surface area contributed by atoms with Crippen molar-refractivity contribution in [3.05, 3.63) is 53.1 Å². The van der Waals surface area contributed by atoms with Crippen LogP contribution in [0.5, 0.6) is 5.75 Å². The Morgan fingerprint density at radius 2 is 1.91 bits per heavy atom. The van der Waals surface area contributed by atoms with E-state index >= 15 is 0 Å². The topological polar surface area (TPSA) is 96.2 Å². The maximum Gasteiger partial charge on any atom is 0.250 e. The standard InChI is InChI=1S/C25H27FN6O2/c1-31-7-6-15(9-24(31)34)14-2-5-19(22(33)8-14)25-27-13-23(29-30-25)32(17-3-4-17)18-10-16-11-20(26)21(12-18)28-16/h2,5-9,13,16-18,20-21,28,33H,3-4,10-12H2,1H3/t16-,18-,20-,21+/m0/s1. The summed E-state index contributed by atoms with van der Waals surface area (Å²) < 4.78 is 15.7. The molecule has 4 atom stereocenters. The number of phenolic OH excluding ortho intramolecular Hbond substituents is 1. The number of fused-ring (bicyclic) bond motifs is 2. The minimum absolute atomic E-state index is 0.0238. The molecule has 0 radical (unpaired) electrons. The monoisotopic (exact) mass is 462 g/mol. The van der Waals surface area contributed by atoms with Gasteiger partial charge >= 0.3 is 0 Å². The van der Waals surface area contributed by atoms with Crippen molar-refractivity contribution < 1.29 is 9.50 Å². The van der Waals surface area contributed by atoms with Gasteiger partial charge in [-0.2, -0.15) is 0 Å². The Morgan fingerprint density at radius 1 is 1.09 bits per heavy atom. The maximum absolute atomic E-state index is 14.2. The van der Waals surface area contributed by atoms with Crippen molar-refractivity contribution in [2.24, 2.45) is 7.05 Å². The predicted octanol–water partition coefficient (Wildman–Crippen LogP) is 2.81. The lowest BCUT2D eigenvalue weighted by Crippen LogP contribution is -2.50. The molecule has 2 bridgehead atoms. The van der Waals surface area contributed by atoms with Crippen LogP contribution in [0.3, 0.4) is 0 Å². The van der Waals surface area contributed by atoms with Gasteiger partial charge in [0.1, 0.15) is 11.9 Å². The maximum atomic E-state index is 14.2. The van der Waals surface area contributed by atoms with E-state index < -0.39 is 6.17 Å². The van der Waals surface area contributed by atoms with Crippen LogP contribution in [0.2, 0.25) is 0 Å². The molecule has 9 heteroatoms. The molecule has 0 amide bonds. The first-order valence-corrected chi connectivity index (χ1v) is 11.8. The Balaban J connectivity index is 1.25. The lowest BCUT2D eigenvalue weighted by Gasteiger charge is -2.38. The molecule has 2 N–H and O–H groups in total. The third-order valence-electron chi connectivity index (χ3n) is 7.30. The molecule has 4 heterocycles. The molecule has 2 aromatic heterocycles. The van der Waals surface area contributed by atoms with Gasteiger partial charge in [0, 0.05) is 43.5 Å². The summed E-state index contributed by atoms with van der Waals surface area (Å²) in [6.07, 6.45) is 7.11. The number of nitrogens with one attached hydrogen (secondary N) is 1. The lowest BCUT2D eigenvalue weighted by molar-refractivity contribution is 0.271. The molecule has 2 aliphatic heterocycles. The van der Waals surface area contributed by atoms with Crippen molar-refractivity contribution >= 4 is 5.82 Å². The van der Waals surface area contributed by atoms with Gasteiger partial charge in [-0.15, -0.1) is 10.2 Å². The van der Waals surface area contributed by atoms with E-state index in [1.807, 2.05) is 12.1 Å². The Bertz CT molecular complexity index is 1270. The first-order chi connectivity index (χ1) is 16.5. The number of aromatic nitrogens is 4. The first kappa shape index (κ1) is 21.2. The molecule has 0 unspecified atom stereocenters. The number of rotatable bonds is 5. The molecule has 3 aliphatic rings. The van der Waals surface area contributed by atoms with Crippen LogP contribution in [0.4, 0.5) is 10.2 Å². The molecule has 6 rings (SSSR count). The number of hydrogen-bond acceptors (Lipinski definition) is 7. The zero-order valence-corrected chi connectivity index (χ0v) is 18.9. The number of alkyl halides is 1. The van der Waals surface area contributed by atoms with E-state index in [0.717, 1.165) is 36.8 Å². The average Bonchev–Trinajstić information content (AvgIpc) is 3.62. The third kappa shape index (κ3) is 3.83. The number of phenols is 1. The normalized spacial score (nSPS) is 25.9. The summed E-state index contributed by atoms with van der Waals surface area (Å²) in [6, 6.07) is 9.33. The molecule has 34 heavy (non-hydrogen) atoms. The van der Waals surface area contributed by atoms with Gasteiger partial charge < -0.3 is 19.9 Å². The van der Waals surface area contributed by atoms with E-state index in [4.69, 9.17) is 0 Å². The molecule has 1 saturated carbocycles. The molecule has 3 aromatic rings. The lowest BCUT2D eigenvalue weighted by atomic mass is 9.98. The summed E-state index contributed by atoms with van der Waals surface area (Å²) in [5.41, 5.74) is 1.82. The minimum Gasteiger partial charge on any atom is -0.507 e. The molecular formula is C25H27FN6O2. The zero-order valence-electron chi connectivity index (χ0n) is 18.9. The summed E-state index contributed by atoms with van der Waals surface area (Å²) in [6.45, 7) is 0. The van der Waals surface area contributed by atoms with Gasteiger partial charge in [-0.1, -0.05) is 6.07 Å². The number of aryl methyl sites for hydroxylation is 1. The molecule has 1 aliphatic carbocycles. The number of benzene rings is 1. The van der Waals surface area contributed by atoms with Crippen molar-refractivity contribution in [2.45, 2.75) is 62.4 Å². The molecular weight excluding hydrogens is 435 g/mol. The van der Waals surface area contributed by atoms with Crippen LogP contribution in [0, 0.1) is 0 Å². The smallest absolute Gasteiger partial charge is 0.250 e. The fraction of sp³-hybridized carbons (Fsp3) is 0.440. The number of anilines is 1. The Kier molecular flexibility index (Phi) is 5.09. The van der Waals surface area contributed by atoms with Crippen LogP contribution in [0.15, 0.2) is 47.5 Å². The van der Waals surface area contributed by atoms with Crippen LogP contribution in [-0.4, -0.2) is 55.2 Å². The van der Waals surface area contributed by atoms with Crippen molar-refractivity contribution in [3.63, 3.8) is 0 Å². The highest BCUT2D eigenvalue weighted by molar-refractivity contribution is 5.72. The second-order valence-corrected chi connectivity index (χ2v) is 9.72. The number of aromatic hydroxyl groups is 1. The van der Waals surface area contributed by atoms with Crippen LogP contribution in [-0.2, 0) is 7.05 Å². The average molecular weight is 463 g/mol. The van der Waals surface area contributed by atoms with E-state index in [9.17, 15) is 14.3 Å². The van der Waals surface area contributed by atoms with Crippen LogP contribution < -0.4 is 15.8 Å². The number of halogens is 1. The molecule has 3 fully saturated rings. The zero-order chi connectivity index (χ0) is 23.4. The highest BCUT2D eigenvalue weighted by atomic mass is 19.1. The van der Waals surface area contributed by atoms with Crippen molar-refractivity contribution in [1.82, 2.24) is 25.1 Å². The van der Waals surface area contributed by atoms with Gasteiger partial charge in [0.05, 0.1) is 11.8 Å². The third-order valence-corrected chi connectivity index (χ3v) is 7.30. The van der Waals surface area contributed by atoms with Crippen LogP contribution >= 0.6 is 0 Å². The summed E-state index contributed by atoms with van der Waals surface area (Å²) in [4.78, 5) is 18.7. The van der Waals surface area contributed by atoms with E-state index in [0.29, 0.717) is 29.7 Å². The second-order valence-electron chi connectivity index (χ2n) is 9.72. The predicted molar refractivity (Wildman–Crippen MR) is 126 cm³/mol. The first-order valence-electron chi connectivity index (χ1n) is 11.8. The van der Waals surface area contributed by atoms with Crippen LogP contribution in [0.1, 0.15) is 32.1 Å². The molecule has 176 valence electrons. The highest BCUT2D eigenvalue weighted by Crippen LogP contribution is 2.39. The summed E-state index contributed by atoms with van der Waals surface area (Å²) in [5.74, 6) is 1.07. The fourth-order valence-corrected chi connectivity index (χ4v) is 5.40. The summed E-state index contributed by atoms with van der Waals surface area (Å²) >= 11 is 0. The van der Waals surface area contributed by atoms with E-state index in [1.165, 1.54) is 10.6 Å². The summed E-state index contributed by atoms with van der Waals surface area (Å²) in [7, 11) is 1.69. The Hall–Kier alpha value is -3.33. The number of hydrogen-bond donors (Lipinski definition) is 2. The molecule has 8 nitrogen and oxygen atoms in total. The van der Waals surface area contributed by atoms with Gasteiger partial charge in [-0.25, -0.2) is 9.37 Å². The van der Waals surface area contributed by atoms with Crippen LogP contribution in [0.25, 0.3) is 22.5 Å². The van der Waals surface area contributed by atoms with Crippen molar-refractivity contribution in [2.75, 3.05) is 4.90 Å². The van der Waals surface area contributed by atoms with E-state index in [1.54, 1.807) is 31.6 Å². The van der Waals surface area contributed by atoms with Gasteiger partial charge in [-0.3, -0.25) is 4.79 Å². The largest absolute Gasteiger partial charge is 0.507 e. The van der Waals surface area contributed by atoms with Gasteiger partial charge in [0.25, 0.3) is 5.56 Å². The molecule has 1 aromatic carbocycles. The number of pyridine rings is 1. The van der Waals surface area contributed by atoms with E-state index in [2.05, 4.69) is 25.4 Å². The molecule has 2 saturated heterocycles. The van der Waals surface area contributed by atoms with Gasteiger partial charge in [-0.05, 0) is 61.4 Å². The minimum atomic E-state index is -0.771. The van der Waals surface area contributed by atoms with E-state index in [-0.39, 0.29) is 29.4 Å². The number of piperidine rings is 1. The Morgan fingerprint density at radius 3 is 2.59 bits per heavy atom. The molecule has 0 spiro atoms. The summed E-state index contributed by atoms with van der Waals surface area (Å²) in [5, 5.41) is 22.8. The van der Waals surface area contributed by atoms with Gasteiger partial charge in [0.15, 0.2) is 11.6 Å².